The number of halogens is 1. The van der Waals surface area contributed by atoms with Crippen LogP contribution in [0.15, 0.2) is 33.7 Å². The molecule has 184 valence electrons. The van der Waals surface area contributed by atoms with E-state index in [1.807, 2.05) is 20.9 Å². The van der Waals surface area contributed by atoms with Crippen LogP contribution in [0.4, 0.5) is 0 Å². The maximum atomic E-state index is 5.74. The second-order valence-corrected chi connectivity index (χ2v) is 9.35. The van der Waals surface area contributed by atoms with E-state index in [9.17, 15) is 0 Å². The molecule has 0 bridgehead atoms. The van der Waals surface area contributed by atoms with Gasteiger partial charge in [0, 0.05) is 20.1 Å². The Hall–Kier alpha value is -1.61. The molecule has 3 rings (SSSR count). The molecule has 33 heavy (non-hydrogen) atoms. The first-order valence-corrected chi connectivity index (χ1v) is 12.1. The molecule has 6 nitrogen and oxygen atoms in total. The summed E-state index contributed by atoms with van der Waals surface area (Å²) in [5.74, 6) is 3.96. The van der Waals surface area contributed by atoms with E-state index < -0.39 is 0 Å². The fourth-order valence-electron chi connectivity index (χ4n) is 4.18. The lowest BCUT2D eigenvalue weighted by Gasteiger charge is -2.31. The molecule has 1 fully saturated rings. The van der Waals surface area contributed by atoms with Crippen molar-refractivity contribution in [3.8, 4) is 0 Å². The molecule has 0 spiro atoms. The zero-order valence-corrected chi connectivity index (χ0v) is 23.3. The van der Waals surface area contributed by atoms with Gasteiger partial charge in [0.2, 0.25) is 5.89 Å². The van der Waals surface area contributed by atoms with E-state index in [4.69, 9.17) is 4.42 Å². The molecule has 1 aliphatic heterocycles. The van der Waals surface area contributed by atoms with E-state index in [0.29, 0.717) is 11.8 Å². The van der Waals surface area contributed by atoms with Gasteiger partial charge in [0.05, 0.1) is 12.2 Å². The minimum atomic E-state index is 0. The number of piperidine rings is 1. The number of likely N-dealkylation sites (tertiary alicyclic amines) is 1. The Labute approximate surface area is 217 Å². The van der Waals surface area contributed by atoms with E-state index in [1.54, 1.807) is 0 Å². The van der Waals surface area contributed by atoms with Crippen molar-refractivity contribution in [2.24, 2.45) is 10.9 Å². The van der Waals surface area contributed by atoms with Crippen LogP contribution < -0.4 is 10.6 Å². The molecular weight excluding hydrogens is 525 g/mol. The summed E-state index contributed by atoms with van der Waals surface area (Å²) >= 11 is 0. The minimum absolute atomic E-state index is 0. The monoisotopic (exact) mass is 567 g/mol. The van der Waals surface area contributed by atoms with Gasteiger partial charge in [-0.3, -0.25) is 9.89 Å². The van der Waals surface area contributed by atoms with E-state index >= 15 is 0 Å². The Morgan fingerprint density at radius 3 is 2.42 bits per heavy atom. The minimum Gasteiger partial charge on any atom is -0.444 e. The first-order valence-electron chi connectivity index (χ1n) is 12.1. The first-order chi connectivity index (χ1) is 15.4. The van der Waals surface area contributed by atoms with E-state index in [1.165, 1.54) is 24.0 Å². The largest absolute Gasteiger partial charge is 0.444 e. The Morgan fingerprint density at radius 2 is 1.85 bits per heavy atom. The number of aryl methyl sites for hydroxylation is 3. The number of nitrogens with one attached hydrogen (secondary N) is 2. The molecule has 0 amide bonds. The molecule has 0 radical (unpaired) electrons. The van der Waals surface area contributed by atoms with Crippen molar-refractivity contribution in [1.29, 1.82) is 0 Å². The summed E-state index contributed by atoms with van der Waals surface area (Å²) < 4.78 is 5.74. The van der Waals surface area contributed by atoms with E-state index in [0.717, 1.165) is 68.9 Å². The smallest absolute Gasteiger partial charge is 0.208 e. The van der Waals surface area contributed by atoms with Gasteiger partial charge in [-0.1, -0.05) is 38.1 Å². The molecule has 0 atom stereocenters. The van der Waals surface area contributed by atoms with Crippen molar-refractivity contribution in [1.82, 2.24) is 20.5 Å². The highest BCUT2D eigenvalue weighted by molar-refractivity contribution is 14.0. The van der Waals surface area contributed by atoms with Gasteiger partial charge in [0.1, 0.15) is 5.76 Å². The molecule has 1 aromatic heterocycles. The third kappa shape index (κ3) is 8.92. The highest BCUT2D eigenvalue weighted by atomic mass is 127. The SMILES string of the molecule is CN=C(NCCCc1ccc(C(C)C)cc1)NCC1CCN(Cc2nc(C)c(C)o2)CC1.I. The van der Waals surface area contributed by atoms with Gasteiger partial charge in [0.25, 0.3) is 0 Å². The zero-order valence-electron chi connectivity index (χ0n) is 21.0. The van der Waals surface area contributed by atoms with Gasteiger partial charge in [-0.05, 0) is 75.6 Å². The average molecular weight is 568 g/mol. The summed E-state index contributed by atoms with van der Waals surface area (Å²) in [5.41, 5.74) is 3.81. The number of aromatic nitrogens is 1. The predicted molar refractivity (Wildman–Crippen MR) is 148 cm³/mol. The number of hydrogen-bond donors (Lipinski definition) is 2. The van der Waals surface area contributed by atoms with Gasteiger partial charge in [-0.2, -0.15) is 0 Å². The van der Waals surface area contributed by atoms with Crippen LogP contribution in [0.2, 0.25) is 0 Å². The van der Waals surface area contributed by atoms with Crippen molar-refractivity contribution in [3.63, 3.8) is 0 Å². The van der Waals surface area contributed by atoms with Crippen molar-refractivity contribution in [2.45, 2.75) is 65.8 Å². The van der Waals surface area contributed by atoms with Gasteiger partial charge >= 0.3 is 0 Å². The molecular formula is C26H42IN5O. The Morgan fingerprint density at radius 1 is 1.15 bits per heavy atom. The normalized spacial score (nSPS) is 15.5. The molecule has 0 aliphatic carbocycles. The van der Waals surface area contributed by atoms with Crippen molar-refractivity contribution >= 4 is 29.9 Å². The number of nitrogens with zero attached hydrogens (tertiary/aromatic N) is 3. The zero-order chi connectivity index (χ0) is 22.9. The average Bonchev–Trinajstić information content (AvgIpc) is 3.11. The molecule has 2 heterocycles. The number of rotatable bonds is 9. The lowest BCUT2D eigenvalue weighted by atomic mass is 9.97. The number of guanidine groups is 1. The lowest BCUT2D eigenvalue weighted by molar-refractivity contribution is 0.164. The van der Waals surface area contributed by atoms with Crippen LogP contribution in [-0.4, -0.2) is 49.1 Å². The van der Waals surface area contributed by atoms with Crippen LogP contribution in [0, 0.1) is 19.8 Å². The molecule has 7 heteroatoms. The second kappa shape index (κ2) is 13.9. The Bertz CT molecular complexity index is 835. The molecule has 0 saturated carbocycles. The number of benzene rings is 1. The standard InChI is InChI=1S/C26H41N5O.HI/c1-19(2)24-10-8-22(9-11-24)7-6-14-28-26(27-5)29-17-23-12-15-31(16-13-23)18-25-30-20(3)21(4)32-25;/h8-11,19,23H,6-7,12-18H2,1-5H3,(H2,27,28,29);1H. The number of oxazole rings is 1. The van der Waals surface area contributed by atoms with Crippen LogP contribution in [0.25, 0.3) is 0 Å². The summed E-state index contributed by atoms with van der Waals surface area (Å²) in [6, 6.07) is 9.04. The highest BCUT2D eigenvalue weighted by Crippen LogP contribution is 2.19. The fourth-order valence-corrected chi connectivity index (χ4v) is 4.18. The van der Waals surface area contributed by atoms with E-state index in [2.05, 4.69) is 63.6 Å². The molecule has 2 aromatic rings. The van der Waals surface area contributed by atoms with Gasteiger partial charge in [0.15, 0.2) is 5.96 Å². The Balaban J connectivity index is 0.00000385. The van der Waals surface area contributed by atoms with Gasteiger partial charge < -0.3 is 15.1 Å². The molecule has 0 unspecified atom stereocenters. The number of hydrogen-bond acceptors (Lipinski definition) is 4. The maximum absolute atomic E-state index is 5.74. The summed E-state index contributed by atoms with van der Waals surface area (Å²) in [7, 11) is 1.85. The van der Waals surface area contributed by atoms with E-state index in [-0.39, 0.29) is 24.0 Å². The third-order valence-corrected chi connectivity index (χ3v) is 6.50. The van der Waals surface area contributed by atoms with Crippen LogP contribution >= 0.6 is 24.0 Å². The van der Waals surface area contributed by atoms with Gasteiger partial charge in [-0.15, -0.1) is 24.0 Å². The summed E-state index contributed by atoms with van der Waals surface area (Å²) in [4.78, 5) is 11.4. The van der Waals surface area contributed by atoms with Crippen LogP contribution in [0.1, 0.15) is 67.5 Å². The molecule has 1 aromatic carbocycles. The predicted octanol–water partition coefficient (Wildman–Crippen LogP) is 5.04. The first kappa shape index (κ1) is 27.6. The van der Waals surface area contributed by atoms with Crippen LogP contribution in [-0.2, 0) is 13.0 Å². The van der Waals surface area contributed by atoms with Crippen molar-refractivity contribution < 1.29 is 4.42 Å². The molecule has 1 saturated heterocycles. The topological polar surface area (TPSA) is 65.7 Å². The van der Waals surface area contributed by atoms with Gasteiger partial charge in [-0.25, -0.2) is 4.98 Å². The molecule has 1 aliphatic rings. The van der Waals surface area contributed by atoms with Crippen molar-refractivity contribution in [3.05, 3.63) is 52.7 Å². The van der Waals surface area contributed by atoms with Crippen LogP contribution in [0.5, 0.6) is 0 Å². The second-order valence-electron chi connectivity index (χ2n) is 9.35. The fraction of sp³-hybridized carbons (Fsp3) is 0.615. The number of aliphatic imine (C=N–C) groups is 1. The summed E-state index contributed by atoms with van der Waals surface area (Å²) in [6.45, 7) is 13.4. The Kier molecular flexibility index (Phi) is 11.7. The summed E-state index contributed by atoms with van der Waals surface area (Å²) in [6.07, 6.45) is 4.56. The lowest BCUT2D eigenvalue weighted by Crippen LogP contribution is -2.43. The summed E-state index contributed by atoms with van der Waals surface area (Å²) in [5, 5.41) is 6.99. The van der Waals surface area contributed by atoms with Crippen molar-refractivity contribution in [2.75, 3.05) is 33.2 Å². The van der Waals surface area contributed by atoms with Crippen LogP contribution in [0.3, 0.4) is 0 Å². The maximum Gasteiger partial charge on any atom is 0.208 e. The molecule has 2 N–H and O–H groups in total. The third-order valence-electron chi connectivity index (χ3n) is 6.50. The quantitative estimate of drug-likeness (QED) is 0.192. The highest BCUT2D eigenvalue weighted by Gasteiger charge is 2.21.